The van der Waals surface area contributed by atoms with Gasteiger partial charge in [-0.1, -0.05) is 17.9 Å². The minimum atomic E-state index is -0.920. The summed E-state index contributed by atoms with van der Waals surface area (Å²) in [5.74, 6) is 5.44. The predicted molar refractivity (Wildman–Crippen MR) is 110 cm³/mol. The van der Waals surface area contributed by atoms with Gasteiger partial charge in [-0.3, -0.25) is 10.3 Å². The summed E-state index contributed by atoms with van der Waals surface area (Å²) in [6, 6.07) is 10.3. The predicted octanol–water partition coefficient (Wildman–Crippen LogP) is 3.65. The molecule has 7 heteroatoms. The van der Waals surface area contributed by atoms with Crippen LogP contribution in [-0.4, -0.2) is 25.5 Å². The summed E-state index contributed by atoms with van der Waals surface area (Å²) < 4.78 is 28.9. The molecule has 1 fully saturated rings. The van der Waals surface area contributed by atoms with Crippen LogP contribution in [0.4, 0.5) is 20.2 Å². The average Bonchev–Trinajstić information content (AvgIpc) is 3.27. The van der Waals surface area contributed by atoms with Crippen molar-refractivity contribution in [2.75, 3.05) is 23.5 Å². The number of hydrogen-bond donors (Lipinski definition) is 1. The summed E-state index contributed by atoms with van der Waals surface area (Å²) in [5, 5.41) is 4.16. The highest BCUT2D eigenvalue weighted by Gasteiger charge is 2.35. The quantitative estimate of drug-likeness (QED) is 0.755. The standard InChI is InChI=1S/C22H19F2N5/c1-22(10-11-22)9-8-14-4-3-5-15(12-14)28(2)20-18-17(7-6-16(23)19(18)24)29-13-25-27-21(29)26-20/h3-7,12,25H,10-11,13H2,1-2H3. The van der Waals surface area contributed by atoms with Gasteiger partial charge < -0.3 is 4.90 Å². The van der Waals surface area contributed by atoms with E-state index in [4.69, 9.17) is 0 Å². The van der Waals surface area contributed by atoms with Gasteiger partial charge in [-0.2, -0.15) is 4.99 Å². The molecule has 1 saturated carbocycles. The first kappa shape index (κ1) is 17.7. The summed E-state index contributed by atoms with van der Waals surface area (Å²) in [5.41, 5.74) is 5.28. The van der Waals surface area contributed by atoms with Gasteiger partial charge in [0.1, 0.15) is 12.5 Å². The first-order valence-electron chi connectivity index (χ1n) is 9.47. The Kier molecular flexibility index (Phi) is 3.85. The molecule has 146 valence electrons. The summed E-state index contributed by atoms with van der Waals surface area (Å²) in [7, 11) is 1.78. The number of nitrogens with one attached hydrogen (secondary N) is 1. The van der Waals surface area contributed by atoms with Gasteiger partial charge in [-0.25, -0.2) is 8.78 Å². The van der Waals surface area contributed by atoms with Crippen LogP contribution in [0.25, 0.3) is 0 Å². The molecule has 2 heterocycles. The SMILES string of the molecule is CN(C1=NC2=NNCN2c2ccc(F)c(F)c21)c1cccc(C#CC2(C)CC2)c1. The molecule has 0 atom stereocenters. The Morgan fingerprint density at radius 1 is 1.21 bits per heavy atom. The molecule has 5 nitrogen and oxygen atoms in total. The van der Waals surface area contributed by atoms with Crippen molar-refractivity contribution < 1.29 is 8.78 Å². The molecule has 1 aliphatic carbocycles. The van der Waals surface area contributed by atoms with Crippen LogP contribution < -0.4 is 15.2 Å². The lowest BCUT2D eigenvalue weighted by Gasteiger charge is -2.30. The van der Waals surface area contributed by atoms with Crippen molar-refractivity contribution in [3.05, 3.63) is 59.2 Å². The molecule has 2 aromatic rings. The smallest absolute Gasteiger partial charge is 0.250 e. The average molecular weight is 391 g/mol. The van der Waals surface area contributed by atoms with Gasteiger partial charge in [0.2, 0.25) is 0 Å². The van der Waals surface area contributed by atoms with Crippen LogP contribution in [0.5, 0.6) is 0 Å². The van der Waals surface area contributed by atoms with E-state index in [-0.39, 0.29) is 11.0 Å². The molecule has 1 N–H and O–H groups in total. The largest absolute Gasteiger partial charge is 0.329 e. The van der Waals surface area contributed by atoms with Crippen molar-refractivity contribution >= 4 is 23.2 Å². The van der Waals surface area contributed by atoms with Gasteiger partial charge in [-0.05, 0) is 50.1 Å². The zero-order valence-corrected chi connectivity index (χ0v) is 16.1. The van der Waals surface area contributed by atoms with Crippen molar-refractivity contribution in [3.8, 4) is 11.8 Å². The number of hydrazone groups is 1. The first-order valence-corrected chi connectivity index (χ1v) is 9.47. The molecule has 0 bridgehead atoms. The third-order valence-corrected chi connectivity index (χ3v) is 5.50. The number of anilines is 2. The Bertz CT molecular complexity index is 1140. The van der Waals surface area contributed by atoms with Crippen molar-refractivity contribution in [1.82, 2.24) is 5.43 Å². The highest BCUT2D eigenvalue weighted by atomic mass is 19.2. The van der Waals surface area contributed by atoms with E-state index in [1.54, 1.807) is 22.9 Å². The van der Waals surface area contributed by atoms with Gasteiger partial charge in [0, 0.05) is 23.7 Å². The number of halogens is 2. The van der Waals surface area contributed by atoms with E-state index in [1.165, 1.54) is 0 Å². The fourth-order valence-electron chi connectivity index (χ4n) is 3.41. The molecule has 0 aromatic heterocycles. The highest BCUT2D eigenvalue weighted by Crippen LogP contribution is 2.44. The molecule has 0 unspecified atom stereocenters. The number of benzene rings is 2. The topological polar surface area (TPSA) is 43.2 Å². The van der Waals surface area contributed by atoms with Crippen LogP contribution in [-0.2, 0) is 0 Å². The third-order valence-electron chi connectivity index (χ3n) is 5.50. The maximum Gasteiger partial charge on any atom is 0.250 e. The first-order chi connectivity index (χ1) is 14.0. The molecule has 3 aliphatic rings. The van der Waals surface area contributed by atoms with E-state index in [0.29, 0.717) is 24.2 Å². The van der Waals surface area contributed by atoms with Gasteiger partial charge in [0.05, 0.1) is 11.3 Å². The second-order valence-corrected chi connectivity index (χ2v) is 7.77. The number of amidine groups is 1. The number of fused-ring (bicyclic) bond motifs is 3. The maximum atomic E-state index is 14.8. The van der Waals surface area contributed by atoms with Crippen molar-refractivity contribution in [2.45, 2.75) is 19.8 Å². The van der Waals surface area contributed by atoms with Crippen LogP contribution in [0.1, 0.15) is 30.9 Å². The highest BCUT2D eigenvalue weighted by molar-refractivity contribution is 6.23. The monoisotopic (exact) mass is 391 g/mol. The Hall–Kier alpha value is -3.40. The molecule has 2 aliphatic heterocycles. The second kappa shape index (κ2) is 6.31. The number of guanidine groups is 1. The van der Waals surface area contributed by atoms with Crippen LogP contribution >= 0.6 is 0 Å². The normalized spacial score (nSPS) is 17.9. The van der Waals surface area contributed by atoms with Gasteiger partial charge in [0.15, 0.2) is 11.6 Å². The summed E-state index contributed by atoms with van der Waals surface area (Å²) in [6.45, 7) is 2.51. The van der Waals surface area contributed by atoms with Gasteiger partial charge in [-0.15, -0.1) is 5.10 Å². The Morgan fingerprint density at radius 3 is 2.83 bits per heavy atom. The molecule has 0 amide bonds. The van der Waals surface area contributed by atoms with Crippen molar-refractivity contribution in [3.63, 3.8) is 0 Å². The second-order valence-electron chi connectivity index (χ2n) is 7.77. The number of aliphatic imine (C=N–C) groups is 1. The molecule has 5 rings (SSSR count). The minimum Gasteiger partial charge on any atom is -0.329 e. The molecule has 0 radical (unpaired) electrons. The van der Waals surface area contributed by atoms with E-state index in [1.807, 2.05) is 24.3 Å². The van der Waals surface area contributed by atoms with Crippen LogP contribution in [0.3, 0.4) is 0 Å². The Balaban J connectivity index is 1.57. The van der Waals surface area contributed by atoms with E-state index in [9.17, 15) is 8.78 Å². The molecule has 29 heavy (non-hydrogen) atoms. The molecular formula is C22H19F2N5. The third kappa shape index (κ3) is 3.01. The Labute approximate surface area is 167 Å². The van der Waals surface area contributed by atoms with E-state index < -0.39 is 11.6 Å². The maximum absolute atomic E-state index is 14.8. The van der Waals surface area contributed by atoms with E-state index in [0.717, 1.165) is 30.2 Å². The van der Waals surface area contributed by atoms with Crippen LogP contribution in [0.2, 0.25) is 0 Å². The molecule has 0 saturated heterocycles. The molecule has 0 spiro atoms. The van der Waals surface area contributed by atoms with Crippen molar-refractivity contribution in [1.29, 1.82) is 0 Å². The fraction of sp³-hybridized carbons (Fsp3) is 0.273. The number of nitrogens with zero attached hydrogens (tertiary/aromatic N) is 4. The summed E-state index contributed by atoms with van der Waals surface area (Å²) in [6.07, 6.45) is 2.26. The number of rotatable bonds is 1. The molecular weight excluding hydrogens is 372 g/mol. The fourth-order valence-corrected chi connectivity index (χ4v) is 3.41. The lowest BCUT2D eigenvalue weighted by atomic mass is 10.1. The zero-order chi connectivity index (χ0) is 20.2. The summed E-state index contributed by atoms with van der Waals surface area (Å²) in [4.78, 5) is 7.96. The van der Waals surface area contributed by atoms with E-state index >= 15 is 0 Å². The minimum absolute atomic E-state index is 0.122. The Morgan fingerprint density at radius 2 is 2.03 bits per heavy atom. The van der Waals surface area contributed by atoms with Gasteiger partial charge in [0.25, 0.3) is 5.96 Å². The molecule has 2 aromatic carbocycles. The van der Waals surface area contributed by atoms with Crippen LogP contribution in [0, 0.1) is 28.9 Å². The number of hydrogen-bond acceptors (Lipinski definition) is 5. The zero-order valence-electron chi connectivity index (χ0n) is 16.1. The van der Waals surface area contributed by atoms with Crippen LogP contribution in [0.15, 0.2) is 46.5 Å². The van der Waals surface area contributed by atoms with Crippen molar-refractivity contribution in [2.24, 2.45) is 15.5 Å². The summed E-state index contributed by atoms with van der Waals surface area (Å²) >= 11 is 0. The lowest BCUT2D eigenvalue weighted by Crippen LogP contribution is -2.40. The van der Waals surface area contributed by atoms with E-state index in [2.05, 4.69) is 34.3 Å². The van der Waals surface area contributed by atoms with Gasteiger partial charge >= 0.3 is 0 Å². The lowest BCUT2D eigenvalue weighted by molar-refractivity contribution is 0.507.